The third-order valence-corrected chi connectivity index (χ3v) is 6.80. The fraction of sp³-hybridized carbons (Fsp3) is 0.308. The summed E-state index contributed by atoms with van der Waals surface area (Å²) in [5.74, 6) is 1.03. The number of hydrogen-bond acceptors (Lipinski definition) is 3. The van der Waals surface area contributed by atoms with Crippen LogP contribution in [0.15, 0.2) is 78.9 Å². The van der Waals surface area contributed by atoms with E-state index in [1.807, 2.05) is 54.6 Å². The van der Waals surface area contributed by atoms with E-state index in [-0.39, 0.29) is 10.8 Å². The summed E-state index contributed by atoms with van der Waals surface area (Å²) in [6.07, 6.45) is 0. The van der Waals surface area contributed by atoms with Crippen LogP contribution in [0.4, 0.5) is 0 Å². The second-order valence-corrected chi connectivity index (χ2v) is 11.3. The molecule has 0 unspecified atom stereocenters. The van der Waals surface area contributed by atoms with Gasteiger partial charge in [-0.15, -0.1) is 0 Å². The molecule has 3 rings (SSSR count). The molecule has 3 nitrogen and oxygen atoms in total. The van der Waals surface area contributed by atoms with Gasteiger partial charge in [0.05, 0.1) is 5.30 Å². The van der Waals surface area contributed by atoms with E-state index in [0.717, 1.165) is 11.1 Å². The first-order chi connectivity index (χ1) is 14.0. The highest BCUT2D eigenvalue weighted by Crippen LogP contribution is 2.51. The standard InChI is InChI=1S/C26H31O3P/c1-25(2,3)22-18-13-19-23(26(4,5)6)24(22)30(27,28-20-14-9-7-10-15-20)29-21-16-11-8-12-17-21/h7-19H,1-6H3. The van der Waals surface area contributed by atoms with E-state index in [9.17, 15) is 4.57 Å². The minimum Gasteiger partial charge on any atom is -0.413 e. The SMILES string of the molecule is CC(C)(C)c1cccc(C(C)(C)C)c1P(=O)(Oc1ccccc1)Oc1ccccc1. The van der Waals surface area contributed by atoms with Crippen molar-refractivity contribution in [3.8, 4) is 11.5 Å². The van der Waals surface area contributed by atoms with Crippen LogP contribution in [0.1, 0.15) is 52.7 Å². The molecule has 0 N–H and O–H groups in total. The third-order valence-electron chi connectivity index (χ3n) is 4.86. The van der Waals surface area contributed by atoms with Crippen molar-refractivity contribution in [2.24, 2.45) is 0 Å². The van der Waals surface area contributed by atoms with Crippen molar-refractivity contribution in [2.45, 2.75) is 52.4 Å². The number of hydrogen-bond donors (Lipinski definition) is 0. The van der Waals surface area contributed by atoms with Crippen LogP contribution < -0.4 is 14.4 Å². The minimum absolute atomic E-state index is 0.244. The molecule has 0 fully saturated rings. The van der Waals surface area contributed by atoms with Gasteiger partial charge in [0.25, 0.3) is 0 Å². The minimum atomic E-state index is -3.78. The lowest BCUT2D eigenvalue weighted by Crippen LogP contribution is -2.33. The molecule has 3 aromatic carbocycles. The van der Waals surface area contributed by atoms with Crippen LogP contribution in [0, 0.1) is 0 Å². The quantitative estimate of drug-likeness (QED) is 0.406. The maximum absolute atomic E-state index is 14.6. The van der Waals surface area contributed by atoms with Gasteiger partial charge in [-0.2, -0.15) is 0 Å². The Morgan fingerprint density at radius 2 is 0.933 bits per heavy atom. The molecular weight excluding hydrogens is 391 g/mol. The second-order valence-electron chi connectivity index (χ2n) is 9.51. The van der Waals surface area contributed by atoms with Crippen molar-refractivity contribution in [3.05, 3.63) is 90.0 Å². The number of benzene rings is 3. The van der Waals surface area contributed by atoms with Crippen molar-refractivity contribution < 1.29 is 13.6 Å². The van der Waals surface area contributed by atoms with Crippen molar-refractivity contribution >= 4 is 12.9 Å². The Morgan fingerprint density at radius 1 is 0.567 bits per heavy atom. The number of rotatable bonds is 5. The van der Waals surface area contributed by atoms with E-state index in [1.54, 1.807) is 24.3 Å². The van der Waals surface area contributed by atoms with Gasteiger partial charge in [-0.05, 0) is 46.2 Å². The first-order valence-corrected chi connectivity index (χ1v) is 11.8. The molecular formula is C26H31O3P. The fourth-order valence-electron chi connectivity index (χ4n) is 3.40. The summed E-state index contributed by atoms with van der Waals surface area (Å²) in [7, 11) is -3.78. The van der Waals surface area contributed by atoms with Crippen molar-refractivity contribution in [1.29, 1.82) is 0 Å². The molecule has 0 heterocycles. The Morgan fingerprint density at radius 3 is 1.27 bits per heavy atom. The zero-order valence-electron chi connectivity index (χ0n) is 18.7. The van der Waals surface area contributed by atoms with Crippen LogP contribution in [-0.4, -0.2) is 0 Å². The van der Waals surface area contributed by atoms with Gasteiger partial charge in [0.2, 0.25) is 0 Å². The lowest BCUT2D eigenvalue weighted by Gasteiger charge is -2.33. The molecule has 0 radical (unpaired) electrons. The van der Waals surface area contributed by atoms with E-state index < -0.39 is 7.60 Å². The summed E-state index contributed by atoms with van der Waals surface area (Å²) in [6.45, 7) is 12.7. The predicted molar refractivity (Wildman–Crippen MR) is 125 cm³/mol. The summed E-state index contributed by atoms with van der Waals surface area (Å²) < 4.78 is 27.0. The molecule has 0 aliphatic carbocycles. The fourth-order valence-corrected chi connectivity index (χ4v) is 5.83. The summed E-state index contributed by atoms with van der Waals surface area (Å²) in [5.41, 5.74) is 1.44. The van der Waals surface area contributed by atoms with Gasteiger partial charge >= 0.3 is 7.60 Å². The smallest absolute Gasteiger partial charge is 0.413 e. The van der Waals surface area contributed by atoms with E-state index in [2.05, 4.69) is 41.5 Å². The normalized spacial score (nSPS) is 12.5. The highest BCUT2D eigenvalue weighted by atomic mass is 31.2. The maximum atomic E-state index is 14.6. The molecule has 0 aromatic heterocycles. The van der Waals surface area contributed by atoms with Gasteiger partial charge in [0.15, 0.2) is 0 Å². The van der Waals surface area contributed by atoms with Gasteiger partial charge in [-0.3, -0.25) is 0 Å². The topological polar surface area (TPSA) is 35.5 Å². The Bertz CT molecular complexity index is 952. The van der Waals surface area contributed by atoms with Crippen LogP contribution in [0.25, 0.3) is 0 Å². The Hall–Kier alpha value is -2.51. The lowest BCUT2D eigenvalue weighted by atomic mass is 9.80. The Labute approximate surface area is 180 Å². The summed E-state index contributed by atoms with van der Waals surface area (Å²) in [6, 6.07) is 24.6. The largest absolute Gasteiger partial charge is 0.463 e. The van der Waals surface area contributed by atoms with Gasteiger partial charge in [-0.1, -0.05) is 96.1 Å². The highest BCUT2D eigenvalue weighted by molar-refractivity contribution is 7.63. The van der Waals surface area contributed by atoms with Crippen LogP contribution in [0.2, 0.25) is 0 Å². The first kappa shape index (κ1) is 22.2. The molecule has 3 aromatic rings. The van der Waals surface area contributed by atoms with Gasteiger partial charge in [-0.25, -0.2) is 4.57 Å². The van der Waals surface area contributed by atoms with E-state index in [4.69, 9.17) is 9.05 Å². The lowest BCUT2D eigenvalue weighted by molar-refractivity contribution is 0.396. The highest BCUT2D eigenvalue weighted by Gasteiger charge is 2.41. The molecule has 0 saturated carbocycles. The predicted octanol–water partition coefficient (Wildman–Crippen LogP) is 7.26. The summed E-state index contributed by atoms with van der Waals surface area (Å²) in [4.78, 5) is 0. The van der Waals surface area contributed by atoms with Crippen LogP contribution in [0.3, 0.4) is 0 Å². The molecule has 0 atom stereocenters. The van der Waals surface area contributed by atoms with Crippen molar-refractivity contribution in [3.63, 3.8) is 0 Å². The average Bonchev–Trinajstić information content (AvgIpc) is 2.67. The van der Waals surface area contributed by atoms with Crippen LogP contribution in [0.5, 0.6) is 11.5 Å². The molecule has 0 amide bonds. The molecule has 0 aliphatic rings. The third kappa shape index (κ3) is 4.96. The Kier molecular flexibility index (Phi) is 6.15. The van der Waals surface area contributed by atoms with Crippen molar-refractivity contribution in [2.75, 3.05) is 0 Å². The molecule has 4 heteroatoms. The van der Waals surface area contributed by atoms with Crippen LogP contribution in [-0.2, 0) is 15.4 Å². The van der Waals surface area contributed by atoms with E-state index in [1.165, 1.54) is 0 Å². The van der Waals surface area contributed by atoms with E-state index >= 15 is 0 Å². The Balaban J connectivity index is 2.29. The second kappa shape index (κ2) is 8.32. The van der Waals surface area contributed by atoms with Crippen molar-refractivity contribution in [1.82, 2.24) is 0 Å². The molecule has 0 bridgehead atoms. The maximum Gasteiger partial charge on any atom is 0.463 e. The monoisotopic (exact) mass is 422 g/mol. The van der Waals surface area contributed by atoms with Gasteiger partial charge < -0.3 is 9.05 Å². The van der Waals surface area contributed by atoms with Crippen LogP contribution >= 0.6 is 7.60 Å². The molecule has 0 aliphatic heterocycles. The zero-order valence-corrected chi connectivity index (χ0v) is 19.6. The average molecular weight is 423 g/mol. The van der Waals surface area contributed by atoms with Gasteiger partial charge in [0, 0.05) is 0 Å². The summed E-state index contributed by atoms with van der Waals surface area (Å²) >= 11 is 0. The van der Waals surface area contributed by atoms with E-state index in [0.29, 0.717) is 16.8 Å². The number of para-hydroxylation sites is 2. The molecule has 0 spiro atoms. The zero-order chi connectivity index (χ0) is 22.0. The first-order valence-electron chi connectivity index (χ1n) is 10.2. The van der Waals surface area contributed by atoms with Gasteiger partial charge in [0.1, 0.15) is 11.5 Å². The molecule has 158 valence electrons. The summed E-state index contributed by atoms with van der Waals surface area (Å²) in [5, 5.41) is 0.651. The molecule has 30 heavy (non-hydrogen) atoms. The molecule has 0 saturated heterocycles.